The highest BCUT2D eigenvalue weighted by Gasteiger charge is 2.41. The Morgan fingerprint density at radius 1 is 1.36 bits per heavy atom. The van der Waals surface area contributed by atoms with E-state index in [1.165, 1.54) is 18.4 Å². The van der Waals surface area contributed by atoms with E-state index in [1.807, 2.05) is 30.5 Å². The van der Waals surface area contributed by atoms with Gasteiger partial charge in [-0.05, 0) is 25.1 Å². The molecule has 2 N–H and O–H groups in total. The van der Waals surface area contributed by atoms with E-state index in [4.69, 9.17) is 5.73 Å². The van der Waals surface area contributed by atoms with Crippen LogP contribution < -0.4 is 5.73 Å². The van der Waals surface area contributed by atoms with E-state index in [0.717, 1.165) is 25.2 Å². The van der Waals surface area contributed by atoms with Crippen molar-refractivity contribution in [3.8, 4) is 5.82 Å². The maximum Gasteiger partial charge on any atom is 0.239 e. The Kier molecular flexibility index (Phi) is 3.38. The first-order valence-electron chi connectivity index (χ1n) is 7.52. The molecule has 0 unspecified atom stereocenters. The number of fused-ring (bicyclic) bond motifs is 1. The normalized spacial score (nSPS) is 23.0. The Morgan fingerprint density at radius 3 is 2.80 bits per heavy atom. The van der Waals surface area contributed by atoms with E-state index in [1.54, 1.807) is 17.8 Å². The van der Waals surface area contributed by atoms with Crippen molar-refractivity contribution in [3.05, 3.63) is 41.5 Å². The second-order valence-corrected chi connectivity index (χ2v) is 9.17. The minimum atomic E-state index is -3.49. The SMILES string of the molecule is CN1C(N)=N[C@](C)(c2cc3nn(-c4ccccn4)cc3s2)CS1(=O)=O. The van der Waals surface area contributed by atoms with Crippen LogP contribution in [-0.4, -0.2) is 46.2 Å². The monoisotopic (exact) mass is 376 g/mol. The molecule has 0 saturated carbocycles. The molecule has 1 atom stereocenters. The molecule has 3 aromatic heterocycles. The highest BCUT2D eigenvalue weighted by Crippen LogP contribution is 2.38. The van der Waals surface area contributed by atoms with Gasteiger partial charge in [-0.3, -0.25) is 0 Å². The van der Waals surface area contributed by atoms with Crippen molar-refractivity contribution in [2.45, 2.75) is 12.5 Å². The predicted molar refractivity (Wildman–Crippen MR) is 97.3 cm³/mol. The molecule has 0 saturated heterocycles. The van der Waals surface area contributed by atoms with Crippen LogP contribution in [0.15, 0.2) is 41.7 Å². The van der Waals surface area contributed by atoms with Crippen LogP contribution in [0.5, 0.6) is 0 Å². The van der Waals surface area contributed by atoms with Gasteiger partial charge in [0.15, 0.2) is 5.82 Å². The number of aliphatic imine (C=N–C) groups is 1. The van der Waals surface area contributed by atoms with Gasteiger partial charge >= 0.3 is 0 Å². The Morgan fingerprint density at radius 2 is 2.16 bits per heavy atom. The van der Waals surface area contributed by atoms with Gasteiger partial charge in [-0.2, -0.15) is 5.10 Å². The molecule has 0 radical (unpaired) electrons. The Hall–Kier alpha value is -2.46. The molecule has 4 heterocycles. The van der Waals surface area contributed by atoms with Crippen molar-refractivity contribution >= 4 is 37.5 Å². The van der Waals surface area contributed by atoms with Crippen molar-refractivity contribution in [1.82, 2.24) is 19.1 Å². The largest absolute Gasteiger partial charge is 0.369 e. The number of thiophene rings is 1. The second-order valence-electron chi connectivity index (χ2n) is 6.09. The molecular formula is C15H16N6O2S2. The summed E-state index contributed by atoms with van der Waals surface area (Å²) in [5.74, 6) is 0.599. The number of nitrogens with two attached hydrogens (primary N) is 1. The molecule has 25 heavy (non-hydrogen) atoms. The van der Waals surface area contributed by atoms with Crippen molar-refractivity contribution in [1.29, 1.82) is 0 Å². The van der Waals surface area contributed by atoms with Gasteiger partial charge in [0.2, 0.25) is 16.0 Å². The molecule has 10 heteroatoms. The van der Waals surface area contributed by atoms with Crippen LogP contribution in [0.4, 0.5) is 0 Å². The molecule has 1 aliphatic heterocycles. The summed E-state index contributed by atoms with van der Waals surface area (Å²) in [6.07, 6.45) is 3.59. The Labute approximate surface area is 148 Å². The van der Waals surface area contributed by atoms with Crippen LogP contribution in [0, 0.1) is 0 Å². The summed E-state index contributed by atoms with van der Waals surface area (Å²) in [5, 5.41) is 4.52. The lowest BCUT2D eigenvalue weighted by Crippen LogP contribution is -2.50. The highest BCUT2D eigenvalue weighted by molar-refractivity contribution is 7.89. The lowest BCUT2D eigenvalue weighted by atomic mass is 10.0. The van der Waals surface area contributed by atoms with Crippen LogP contribution in [0.25, 0.3) is 16.0 Å². The smallest absolute Gasteiger partial charge is 0.239 e. The van der Waals surface area contributed by atoms with Crippen LogP contribution in [0.2, 0.25) is 0 Å². The van der Waals surface area contributed by atoms with Gasteiger partial charge in [0, 0.05) is 18.1 Å². The fraction of sp³-hybridized carbons (Fsp3) is 0.267. The van der Waals surface area contributed by atoms with Crippen molar-refractivity contribution in [2.75, 3.05) is 12.8 Å². The summed E-state index contributed by atoms with van der Waals surface area (Å²) >= 11 is 1.47. The minimum absolute atomic E-state index is 0.00154. The summed E-state index contributed by atoms with van der Waals surface area (Å²) < 4.78 is 28.3. The van der Waals surface area contributed by atoms with Crippen LogP contribution in [0.3, 0.4) is 0 Å². The fourth-order valence-corrected chi connectivity index (χ4v) is 5.41. The highest BCUT2D eigenvalue weighted by atomic mass is 32.2. The third-order valence-corrected chi connectivity index (χ3v) is 7.44. The maximum absolute atomic E-state index is 12.3. The second kappa shape index (κ2) is 5.27. The summed E-state index contributed by atoms with van der Waals surface area (Å²) in [7, 11) is -2.08. The van der Waals surface area contributed by atoms with E-state index in [-0.39, 0.29) is 11.7 Å². The first-order valence-corrected chi connectivity index (χ1v) is 9.94. The Bertz CT molecular complexity index is 1050. The van der Waals surface area contributed by atoms with Gasteiger partial charge in [-0.15, -0.1) is 11.3 Å². The number of rotatable bonds is 2. The molecule has 0 spiro atoms. The van der Waals surface area contributed by atoms with Crippen LogP contribution >= 0.6 is 11.3 Å². The van der Waals surface area contributed by atoms with Crippen molar-refractivity contribution in [3.63, 3.8) is 0 Å². The number of guanidine groups is 1. The number of hydrogen-bond donors (Lipinski definition) is 1. The molecule has 0 amide bonds. The van der Waals surface area contributed by atoms with Gasteiger partial charge in [-0.1, -0.05) is 6.07 Å². The summed E-state index contributed by atoms with van der Waals surface area (Å²) in [6.45, 7) is 1.78. The molecule has 0 aromatic carbocycles. The van der Waals surface area contributed by atoms with Gasteiger partial charge in [0.1, 0.15) is 11.1 Å². The summed E-state index contributed by atoms with van der Waals surface area (Å²) in [5.41, 5.74) is 5.67. The molecule has 0 bridgehead atoms. The first-order chi connectivity index (χ1) is 11.8. The molecule has 0 aliphatic carbocycles. The summed E-state index contributed by atoms with van der Waals surface area (Å²) in [6, 6.07) is 7.48. The van der Waals surface area contributed by atoms with E-state index in [9.17, 15) is 8.42 Å². The molecule has 1 aliphatic rings. The number of pyridine rings is 1. The van der Waals surface area contributed by atoms with E-state index < -0.39 is 15.6 Å². The average Bonchev–Trinajstić information content (AvgIpc) is 3.12. The van der Waals surface area contributed by atoms with Gasteiger partial charge in [-0.25, -0.2) is 27.4 Å². The number of aromatic nitrogens is 3. The standard InChI is InChI=1S/C15H16N6O2S2/c1-15(9-25(22,23)20(2)14(16)18-15)12-7-10-11(24-12)8-21(19-10)13-5-3-4-6-17-13/h3-8H,9H2,1-2H3,(H2,16,18)/t15-/m0/s1. The molecular weight excluding hydrogens is 360 g/mol. The number of nitrogens with zero attached hydrogens (tertiary/aromatic N) is 5. The quantitative estimate of drug-likeness (QED) is 0.725. The van der Waals surface area contributed by atoms with Gasteiger partial charge in [0.25, 0.3) is 0 Å². The Balaban J connectivity index is 1.77. The fourth-order valence-electron chi connectivity index (χ4n) is 2.77. The molecule has 0 fully saturated rings. The third kappa shape index (κ3) is 2.57. The van der Waals surface area contributed by atoms with Crippen molar-refractivity contribution in [2.24, 2.45) is 10.7 Å². The predicted octanol–water partition coefficient (Wildman–Crippen LogP) is 1.29. The first kappa shape index (κ1) is 16.0. The number of sulfonamides is 1. The third-order valence-electron chi connectivity index (χ3n) is 4.17. The zero-order valence-corrected chi connectivity index (χ0v) is 15.3. The molecule has 130 valence electrons. The topological polar surface area (TPSA) is 106 Å². The lowest BCUT2D eigenvalue weighted by molar-refractivity contribution is 0.482. The van der Waals surface area contributed by atoms with E-state index in [2.05, 4.69) is 15.1 Å². The van der Waals surface area contributed by atoms with Gasteiger partial charge < -0.3 is 5.73 Å². The van der Waals surface area contributed by atoms with Crippen molar-refractivity contribution < 1.29 is 8.42 Å². The molecule has 4 rings (SSSR count). The van der Waals surface area contributed by atoms with Crippen LogP contribution in [-0.2, 0) is 15.6 Å². The minimum Gasteiger partial charge on any atom is -0.369 e. The zero-order chi connectivity index (χ0) is 17.8. The average molecular weight is 376 g/mol. The summed E-state index contributed by atoms with van der Waals surface area (Å²) in [4.78, 5) is 9.51. The van der Waals surface area contributed by atoms with Crippen LogP contribution in [0.1, 0.15) is 11.8 Å². The lowest BCUT2D eigenvalue weighted by Gasteiger charge is -2.33. The number of hydrogen-bond acceptors (Lipinski definition) is 7. The zero-order valence-electron chi connectivity index (χ0n) is 13.6. The molecule has 8 nitrogen and oxygen atoms in total. The van der Waals surface area contributed by atoms with E-state index >= 15 is 0 Å². The van der Waals surface area contributed by atoms with E-state index in [0.29, 0.717) is 0 Å². The van der Waals surface area contributed by atoms with Gasteiger partial charge in [0.05, 0.1) is 16.6 Å². The maximum atomic E-state index is 12.3. The molecule has 3 aromatic rings.